The molecular formula is C13H16BNO2S. The van der Waals surface area contributed by atoms with Gasteiger partial charge in [-0.15, -0.1) is 0 Å². The molecule has 0 radical (unpaired) electrons. The molecule has 2 heterocycles. The first-order chi connectivity index (χ1) is 8.39. The van der Waals surface area contributed by atoms with E-state index in [1.807, 2.05) is 6.20 Å². The van der Waals surface area contributed by atoms with Gasteiger partial charge < -0.3 is 9.31 Å². The highest BCUT2D eigenvalue weighted by Crippen LogP contribution is 2.36. The van der Waals surface area contributed by atoms with Crippen LogP contribution in [0.5, 0.6) is 0 Å². The molecule has 1 aromatic heterocycles. The van der Waals surface area contributed by atoms with Crippen molar-refractivity contribution >= 4 is 34.2 Å². The van der Waals surface area contributed by atoms with Crippen LogP contribution in [0.3, 0.4) is 0 Å². The van der Waals surface area contributed by atoms with Crippen molar-refractivity contribution in [3.63, 3.8) is 0 Å². The summed E-state index contributed by atoms with van der Waals surface area (Å²) in [5.41, 5.74) is 0.473. The van der Waals surface area contributed by atoms with Crippen molar-refractivity contribution in [3.05, 3.63) is 24.4 Å². The van der Waals surface area contributed by atoms with Crippen LogP contribution in [-0.4, -0.2) is 22.7 Å². The summed E-state index contributed by atoms with van der Waals surface area (Å²) < 4.78 is 17.4. The van der Waals surface area contributed by atoms with Gasteiger partial charge in [0.2, 0.25) is 0 Å². The fourth-order valence-electron chi connectivity index (χ4n) is 2.02. The van der Waals surface area contributed by atoms with Gasteiger partial charge in [0, 0.05) is 11.6 Å². The molecule has 1 aliphatic rings. The Balaban J connectivity index is 1.96. The molecule has 0 amide bonds. The van der Waals surface area contributed by atoms with Crippen molar-refractivity contribution in [2.24, 2.45) is 0 Å². The van der Waals surface area contributed by atoms with Crippen LogP contribution in [-0.2, 0) is 9.31 Å². The Morgan fingerprint density at radius 3 is 2.44 bits per heavy atom. The topological polar surface area (TPSA) is 31.4 Å². The van der Waals surface area contributed by atoms with Crippen LogP contribution < -0.4 is 5.46 Å². The van der Waals surface area contributed by atoms with Crippen molar-refractivity contribution in [2.45, 2.75) is 38.9 Å². The quantitative estimate of drug-likeness (QED) is 0.739. The Morgan fingerprint density at radius 2 is 1.78 bits per heavy atom. The third-order valence-corrected chi connectivity index (χ3v) is 4.68. The van der Waals surface area contributed by atoms with Crippen molar-refractivity contribution in [2.75, 3.05) is 0 Å². The summed E-state index contributed by atoms with van der Waals surface area (Å²) in [6, 6.07) is 6.23. The summed E-state index contributed by atoms with van der Waals surface area (Å²) in [6.45, 7) is 8.27. The maximum atomic E-state index is 6.04. The van der Waals surface area contributed by atoms with Crippen molar-refractivity contribution in [1.29, 1.82) is 0 Å². The van der Waals surface area contributed by atoms with Crippen molar-refractivity contribution in [1.82, 2.24) is 4.37 Å². The van der Waals surface area contributed by atoms with Gasteiger partial charge >= 0.3 is 7.12 Å². The standard InChI is InChI=1S/C13H16BNO2S/c1-12(2)13(3,4)17-14(16-12)10-5-6-11-9(7-10)8-15-18-11/h5-8H,1-4H3. The molecule has 3 rings (SSSR count). The van der Waals surface area contributed by atoms with E-state index in [0.29, 0.717) is 0 Å². The van der Waals surface area contributed by atoms with E-state index >= 15 is 0 Å². The maximum absolute atomic E-state index is 6.04. The van der Waals surface area contributed by atoms with Crippen LogP contribution in [0.4, 0.5) is 0 Å². The maximum Gasteiger partial charge on any atom is 0.494 e. The smallest absolute Gasteiger partial charge is 0.399 e. The minimum absolute atomic E-state index is 0.292. The molecule has 0 bridgehead atoms. The largest absolute Gasteiger partial charge is 0.494 e. The summed E-state index contributed by atoms with van der Waals surface area (Å²) >= 11 is 1.51. The molecular weight excluding hydrogens is 245 g/mol. The molecule has 1 fully saturated rings. The Morgan fingerprint density at radius 1 is 1.11 bits per heavy atom. The number of hydrogen-bond acceptors (Lipinski definition) is 4. The molecule has 2 aromatic rings. The SMILES string of the molecule is CC1(C)OB(c2ccc3sncc3c2)OC1(C)C. The lowest BCUT2D eigenvalue weighted by Gasteiger charge is -2.32. The van der Waals surface area contributed by atoms with Gasteiger partial charge in [-0.3, -0.25) is 0 Å². The molecule has 0 saturated carbocycles. The highest BCUT2D eigenvalue weighted by molar-refractivity contribution is 7.13. The van der Waals surface area contributed by atoms with Gasteiger partial charge in [0.25, 0.3) is 0 Å². The average Bonchev–Trinajstić information content (AvgIpc) is 2.80. The summed E-state index contributed by atoms with van der Waals surface area (Å²) in [6.07, 6.45) is 1.88. The Hall–Kier alpha value is -0.905. The third kappa shape index (κ3) is 1.78. The first-order valence-corrected chi connectivity index (χ1v) is 6.86. The normalized spacial score (nSPS) is 21.7. The Kier molecular flexibility index (Phi) is 2.56. The molecule has 18 heavy (non-hydrogen) atoms. The van der Waals surface area contributed by atoms with Crippen LogP contribution in [0, 0.1) is 0 Å². The second kappa shape index (κ2) is 3.79. The van der Waals surface area contributed by atoms with Gasteiger partial charge in [0.15, 0.2) is 0 Å². The average molecular weight is 261 g/mol. The number of aromatic nitrogens is 1. The minimum Gasteiger partial charge on any atom is -0.399 e. The molecule has 5 heteroatoms. The van der Waals surface area contributed by atoms with E-state index in [1.54, 1.807) is 0 Å². The lowest BCUT2D eigenvalue weighted by molar-refractivity contribution is 0.00578. The summed E-state index contributed by atoms with van der Waals surface area (Å²) in [4.78, 5) is 0. The van der Waals surface area contributed by atoms with Crippen LogP contribution in [0.1, 0.15) is 27.7 Å². The summed E-state index contributed by atoms with van der Waals surface area (Å²) in [5.74, 6) is 0. The zero-order chi connectivity index (χ0) is 13.0. The second-order valence-electron chi connectivity index (χ2n) is 5.71. The van der Waals surface area contributed by atoms with E-state index in [4.69, 9.17) is 9.31 Å². The van der Waals surface area contributed by atoms with Gasteiger partial charge in [-0.25, -0.2) is 0 Å². The Bertz CT molecular complexity index is 577. The molecule has 94 valence electrons. The molecule has 1 aromatic carbocycles. The van der Waals surface area contributed by atoms with E-state index in [9.17, 15) is 0 Å². The minimum atomic E-state index is -0.292. The summed E-state index contributed by atoms with van der Waals surface area (Å²) in [5, 5.41) is 1.15. The number of rotatable bonds is 1. The summed E-state index contributed by atoms with van der Waals surface area (Å²) in [7, 11) is -0.292. The van der Waals surface area contributed by atoms with E-state index < -0.39 is 0 Å². The molecule has 0 N–H and O–H groups in total. The Labute approximate surface area is 111 Å². The van der Waals surface area contributed by atoms with Gasteiger partial charge in [-0.1, -0.05) is 12.1 Å². The molecule has 0 aliphatic carbocycles. The molecule has 0 atom stereocenters. The van der Waals surface area contributed by atoms with E-state index in [2.05, 4.69) is 50.3 Å². The number of hydrogen-bond donors (Lipinski definition) is 0. The first kappa shape index (κ1) is 12.1. The zero-order valence-electron chi connectivity index (χ0n) is 11.1. The predicted octanol–water partition coefficient (Wildman–Crippen LogP) is 2.60. The van der Waals surface area contributed by atoms with Crippen molar-refractivity contribution < 1.29 is 9.31 Å². The lowest BCUT2D eigenvalue weighted by Crippen LogP contribution is -2.41. The van der Waals surface area contributed by atoms with Gasteiger partial charge in [0.05, 0.1) is 15.9 Å². The number of fused-ring (bicyclic) bond motifs is 1. The molecule has 0 unspecified atom stereocenters. The van der Waals surface area contributed by atoms with Crippen LogP contribution in [0.25, 0.3) is 10.1 Å². The van der Waals surface area contributed by atoms with Gasteiger partial charge in [-0.05, 0) is 50.8 Å². The highest BCUT2D eigenvalue weighted by Gasteiger charge is 2.51. The number of benzene rings is 1. The van der Waals surface area contributed by atoms with Crippen LogP contribution in [0.15, 0.2) is 24.4 Å². The number of nitrogens with zero attached hydrogens (tertiary/aromatic N) is 1. The van der Waals surface area contributed by atoms with E-state index in [-0.39, 0.29) is 18.3 Å². The lowest BCUT2D eigenvalue weighted by atomic mass is 9.79. The van der Waals surface area contributed by atoms with Crippen LogP contribution >= 0.6 is 11.5 Å². The second-order valence-corrected chi connectivity index (χ2v) is 6.54. The molecule has 0 spiro atoms. The van der Waals surface area contributed by atoms with E-state index in [1.165, 1.54) is 16.2 Å². The third-order valence-electron chi connectivity index (χ3n) is 3.90. The zero-order valence-corrected chi connectivity index (χ0v) is 11.9. The monoisotopic (exact) mass is 261 g/mol. The molecule has 3 nitrogen and oxygen atoms in total. The fourth-order valence-corrected chi connectivity index (χ4v) is 2.64. The highest BCUT2D eigenvalue weighted by atomic mass is 32.1. The molecule has 1 saturated heterocycles. The van der Waals surface area contributed by atoms with E-state index in [0.717, 1.165) is 10.8 Å². The fraction of sp³-hybridized carbons (Fsp3) is 0.462. The van der Waals surface area contributed by atoms with Crippen molar-refractivity contribution in [3.8, 4) is 0 Å². The molecule has 1 aliphatic heterocycles. The van der Waals surface area contributed by atoms with Gasteiger partial charge in [-0.2, -0.15) is 4.37 Å². The van der Waals surface area contributed by atoms with Gasteiger partial charge in [0.1, 0.15) is 0 Å². The predicted molar refractivity (Wildman–Crippen MR) is 75.3 cm³/mol. The van der Waals surface area contributed by atoms with Crippen LogP contribution in [0.2, 0.25) is 0 Å². The first-order valence-electron chi connectivity index (χ1n) is 6.09.